The number of nitrogens with one attached hydrogen (secondary N) is 1. The summed E-state index contributed by atoms with van der Waals surface area (Å²) in [5, 5.41) is 12.0. The molecule has 0 saturated heterocycles. The van der Waals surface area contributed by atoms with Crippen LogP contribution in [0, 0.1) is 11.3 Å². The zero-order chi connectivity index (χ0) is 11.4. The van der Waals surface area contributed by atoms with Crippen molar-refractivity contribution in [1.82, 2.24) is 4.57 Å². The fourth-order valence-electron chi connectivity index (χ4n) is 1.37. The molecule has 5 heteroatoms. The van der Waals surface area contributed by atoms with Crippen LogP contribution in [0.4, 0.5) is 11.5 Å². The first-order valence-electron chi connectivity index (χ1n) is 4.73. The van der Waals surface area contributed by atoms with Crippen LogP contribution in [0.2, 0.25) is 0 Å². The maximum absolute atomic E-state index is 9.07. The van der Waals surface area contributed by atoms with Crippen LogP contribution < -0.4 is 16.5 Å². The number of pyridine rings is 1. The van der Waals surface area contributed by atoms with Gasteiger partial charge in [-0.05, 0) is 6.92 Å². The fraction of sp³-hybridized carbons (Fsp3) is 0.400. The van der Waals surface area contributed by atoms with Gasteiger partial charge in [-0.1, -0.05) is 0 Å². The predicted octanol–water partition coefficient (Wildman–Crippen LogP) is 0.441. The summed E-state index contributed by atoms with van der Waals surface area (Å²) >= 11 is 0. The molecule has 0 aliphatic heterocycles. The van der Waals surface area contributed by atoms with Gasteiger partial charge >= 0.3 is 0 Å². The molecule has 0 aliphatic carbocycles. The van der Waals surface area contributed by atoms with Gasteiger partial charge in [-0.25, -0.2) is 0 Å². The monoisotopic (exact) mass is 205 g/mol. The van der Waals surface area contributed by atoms with E-state index in [0.717, 1.165) is 0 Å². The van der Waals surface area contributed by atoms with Gasteiger partial charge in [0, 0.05) is 26.7 Å². The van der Waals surface area contributed by atoms with E-state index in [1.807, 2.05) is 6.92 Å². The van der Waals surface area contributed by atoms with E-state index in [-0.39, 0.29) is 0 Å². The summed E-state index contributed by atoms with van der Waals surface area (Å²) in [5.74, 6) is 0.575. The van der Waals surface area contributed by atoms with Crippen LogP contribution in [-0.2, 0) is 7.05 Å². The number of aromatic nitrogens is 1. The van der Waals surface area contributed by atoms with Crippen molar-refractivity contribution in [3.63, 3.8) is 0 Å². The highest BCUT2D eigenvalue weighted by Crippen LogP contribution is 2.13. The van der Waals surface area contributed by atoms with Crippen molar-refractivity contribution >= 4 is 11.5 Å². The molecular formula is C10H15N5. The lowest BCUT2D eigenvalue weighted by Crippen LogP contribution is -2.25. The molecule has 0 fully saturated rings. The van der Waals surface area contributed by atoms with E-state index < -0.39 is 0 Å². The Labute approximate surface area is 88.9 Å². The van der Waals surface area contributed by atoms with Gasteiger partial charge in [-0.15, -0.1) is 0 Å². The van der Waals surface area contributed by atoms with Crippen molar-refractivity contribution in [1.29, 1.82) is 5.26 Å². The third-order valence-corrected chi connectivity index (χ3v) is 2.18. The van der Waals surface area contributed by atoms with Gasteiger partial charge in [0.15, 0.2) is 0 Å². The molecule has 0 saturated carbocycles. The molecule has 80 valence electrons. The molecule has 3 N–H and O–H groups in total. The van der Waals surface area contributed by atoms with Crippen molar-refractivity contribution in [2.45, 2.75) is 6.92 Å². The second-order valence-electron chi connectivity index (χ2n) is 3.08. The number of nitrogens with zero attached hydrogens (tertiary/aromatic N) is 3. The number of hydrogen-bond acceptors (Lipinski definition) is 4. The Hall–Kier alpha value is -1.96. The molecule has 0 aromatic carbocycles. The molecule has 1 heterocycles. The molecule has 1 aromatic heterocycles. The van der Waals surface area contributed by atoms with E-state index in [0.29, 0.717) is 29.1 Å². The highest BCUT2D eigenvalue weighted by Gasteiger charge is 2.07. The molecule has 1 aromatic rings. The number of nitriles is 1. The molecule has 0 unspecified atom stereocenters. The van der Waals surface area contributed by atoms with Crippen molar-refractivity contribution in [2.75, 3.05) is 24.6 Å². The van der Waals surface area contributed by atoms with Crippen molar-refractivity contribution in [3.8, 4) is 6.07 Å². The van der Waals surface area contributed by atoms with E-state index in [1.54, 1.807) is 24.7 Å². The summed E-state index contributed by atoms with van der Waals surface area (Å²) in [4.78, 5) is 4.27. The van der Waals surface area contributed by atoms with Gasteiger partial charge in [0.25, 0.3) is 0 Å². The molecular weight excluding hydrogens is 190 g/mol. The third-order valence-electron chi connectivity index (χ3n) is 2.18. The smallest absolute Gasteiger partial charge is 0.149 e. The minimum atomic E-state index is 0.524. The number of rotatable bonds is 2. The quantitative estimate of drug-likeness (QED) is 0.735. The molecule has 0 atom stereocenters. The summed E-state index contributed by atoms with van der Waals surface area (Å²) in [6, 6.07) is 3.86. The normalized spacial score (nSPS) is 11.2. The molecule has 0 spiro atoms. The number of nitrogens with two attached hydrogens (primary N) is 1. The average Bonchev–Trinajstić information content (AvgIpc) is 2.24. The Morgan fingerprint density at radius 2 is 2.33 bits per heavy atom. The van der Waals surface area contributed by atoms with E-state index >= 15 is 0 Å². The molecule has 5 nitrogen and oxygen atoms in total. The van der Waals surface area contributed by atoms with Crippen molar-refractivity contribution in [3.05, 3.63) is 17.1 Å². The molecule has 1 rings (SSSR count). The van der Waals surface area contributed by atoms with Gasteiger partial charge in [0.1, 0.15) is 22.9 Å². The predicted molar refractivity (Wildman–Crippen MR) is 60.2 cm³/mol. The summed E-state index contributed by atoms with van der Waals surface area (Å²) in [7, 11) is 3.55. The van der Waals surface area contributed by atoms with E-state index in [9.17, 15) is 0 Å². The van der Waals surface area contributed by atoms with Gasteiger partial charge in [-0.3, -0.25) is 4.99 Å². The summed E-state index contributed by atoms with van der Waals surface area (Å²) in [6.07, 6.45) is 0. The lowest BCUT2D eigenvalue weighted by Gasteiger charge is -2.10. The topological polar surface area (TPSA) is 79.1 Å². The van der Waals surface area contributed by atoms with Crippen molar-refractivity contribution < 1.29 is 0 Å². The zero-order valence-electron chi connectivity index (χ0n) is 9.20. The third kappa shape index (κ3) is 1.94. The highest BCUT2D eigenvalue weighted by atomic mass is 15.1. The minimum absolute atomic E-state index is 0.524. The first-order valence-corrected chi connectivity index (χ1v) is 4.73. The standard InChI is InChI=1S/C10H15N5/c1-4-14-10-7(6-11)8(13-2)5-9(12)15(10)3/h5,13H,4,12H2,1-3H3/b14-10+. The first kappa shape index (κ1) is 11.1. The second-order valence-corrected chi connectivity index (χ2v) is 3.08. The van der Waals surface area contributed by atoms with Crippen LogP contribution in [-0.4, -0.2) is 18.2 Å². The fourth-order valence-corrected chi connectivity index (χ4v) is 1.37. The van der Waals surface area contributed by atoms with Crippen LogP contribution in [0.15, 0.2) is 11.1 Å². The zero-order valence-corrected chi connectivity index (χ0v) is 9.20. The molecule has 0 aliphatic rings. The second kappa shape index (κ2) is 4.51. The molecule has 0 radical (unpaired) electrons. The molecule has 15 heavy (non-hydrogen) atoms. The molecule has 0 bridgehead atoms. The van der Waals surface area contributed by atoms with Crippen LogP contribution in [0.25, 0.3) is 0 Å². The van der Waals surface area contributed by atoms with Crippen LogP contribution in [0.5, 0.6) is 0 Å². The number of anilines is 2. The molecule has 0 amide bonds. The van der Waals surface area contributed by atoms with Gasteiger partial charge in [0.05, 0.1) is 5.69 Å². The summed E-state index contributed by atoms with van der Waals surface area (Å²) in [5.41, 5.74) is 7.65. The van der Waals surface area contributed by atoms with Gasteiger partial charge in [0.2, 0.25) is 0 Å². The van der Waals surface area contributed by atoms with Crippen LogP contribution in [0.1, 0.15) is 12.5 Å². The van der Waals surface area contributed by atoms with Crippen molar-refractivity contribution in [2.24, 2.45) is 12.0 Å². The highest BCUT2D eigenvalue weighted by molar-refractivity contribution is 5.60. The lowest BCUT2D eigenvalue weighted by atomic mass is 10.2. The number of hydrogen-bond donors (Lipinski definition) is 2. The Bertz CT molecular complexity index is 464. The Morgan fingerprint density at radius 3 is 2.80 bits per heavy atom. The van der Waals surface area contributed by atoms with Crippen LogP contribution in [0.3, 0.4) is 0 Å². The maximum Gasteiger partial charge on any atom is 0.149 e. The van der Waals surface area contributed by atoms with E-state index in [1.165, 1.54) is 0 Å². The van der Waals surface area contributed by atoms with E-state index in [4.69, 9.17) is 11.0 Å². The Kier molecular flexibility index (Phi) is 3.34. The minimum Gasteiger partial charge on any atom is -0.387 e. The summed E-state index contributed by atoms with van der Waals surface area (Å²) in [6.45, 7) is 2.54. The van der Waals surface area contributed by atoms with Gasteiger partial charge in [-0.2, -0.15) is 5.26 Å². The van der Waals surface area contributed by atoms with Gasteiger partial charge < -0.3 is 15.6 Å². The SMILES string of the molecule is CC/N=c1\c(C#N)c(NC)cc(N)n1C. The largest absolute Gasteiger partial charge is 0.387 e. The Morgan fingerprint density at radius 1 is 1.67 bits per heavy atom. The van der Waals surface area contributed by atoms with Crippen LogP contribution >= 0.6 is 0 Å². The lowest BCUT2D eigenvalue weighted by molar-refractivity contribution is 0.819. The van der Waals surface area contributed by atoms with E-state index in [2.05, 4.69) is 16.4 Å². The summed E-state index contributed by atoms with van der Waals surface area (Å²) < 4.78 is 1.71. The first-order chi connectivity index (χ1) is 7.15. The number of nitrogen functional groups attached to an aromatic ring is 1. The Balaban J connectivity index is 3.67. The average molecular weight is 205 g/mol. The maximum atomic E-state index is 9.07.